The molecule has 3 aromatic rings. The number of rotatable bonds is 8. The molecule has 0 saturated heterocycles. The molecule has 0 spiro atoms. The summed E-state index contributed by atoms with van der Waals surface area (Å²) in [6, 6.07) is 12.5. The molecule has 188 valence electrons. The van der Waals surface area contributed by atoms with Crippen molar-refractivity contribution in [2.45, 2.75) is 39.4 Å². The summed E-state index contributed by atoms with van der Waals surface area (Å²) in [6.07, 6.45) is -3.84. The molecule has 7 nitrogen and oxygen atoms in total. The van der Waals surface area contributed by atoms with Gasteiger partial charge in [0.1, 0.15) is 5.69 Å². The van der Waals surface area contributed by atoms with Crippen molar-refractivity contribution < 1.29 is 33.1 Å². The van der Waals surface area contributed by atoms with E-state index in [1.54, 1.807) is 26.0 Å². The maximum Gasteiger partial charge on any atom is 0.416 e. The van der Waals surface area contributed by atoms with Crippen LogP contribution in [0.1, 0.15) is 60.8 Å². The highest BCUT2D eigenvalue weighted by molar-refractivity contribution is 6.04. The van der Waals surface area contributed by atoms with Crippen molar-refractivity contribution in [3.05, 3.63) is 99.4 Å². The van der Waals surface area contributed by atoms with Gasteiger partial charge < -0.3 is 15.6 Å². The number of aromatic carboxylic acids is 1. The van der Waals surface area contributed by atoms with Crippen LogP contribution >= 0.6 is 0 Å². The standard InChI is InChI=1S/C26H24F3N3O4/c1-15-16(2)31-23(24(33)30-14-18-6-4-8-20(12-18)26(27,28)29)13-21(15)22(32-36)10-9-17-5-3-7-19(11-17)25(34)35/h3-8,11-13,36H,9-10,14H2,1-2H3,(H,30,33)(H,34,35). The van der Waals surface area contributed by atoms with Gasteiger partial charge in [0, 0.05) is 17.8 Å². The first-order valence-corrected chi connectivity index (χ1v) is 11.0. The minimum atomic E-state index is -4.49. The number of hydrogen-bond acceptors (Lipinski definition) is 5. The lowest BCUT2D eigenvalue weighted by molar-refractivity contribution is -0.137. The fourth-order valence-electron chi connectivity index (χ4n) is 3.64. The molecule has 0 unspecified atom stereocenters. The number of benzene rings is 2. The van der Waals surface area contributed by atoms with Gasteiger partial charge in [-0.2, -0.15) is 13.2 Å². The Morgan fingerprint density at radius 2 is 1.72 bits per heavy atom. The van der Waals surface area contributed by atoms with Gasteiger partial charge in [0.25, 0.3) is 5.91 Å². The van der Waals surface area contributed by atoms with E-state index in [0.29, 0.717) is 23.2 Å². The molecule has 0 aliphatic rings. The molecule has 1 amide bonds. The van der Waals surface area contributed by atoms with Crippen LogP contribution in [0.15, 0.2) is 59.8 Å². The van der Waals surface area contributed by atoms with E-state index in [-0.39, 0.29) is 35.5 Å². The lowest BCUT2D eigenvalue weighted by Crippen LogP contribution is -2.25. The van der Waals surface area contributed by atoms with Crippen LogP contribution in [0.5, 0.6) is 0 Å². The molecule has 0 radical (unpaired) electrons. The molecule has 0 aliphatic heterocycles. The zero-order valence-corrected chi connectivity index (χ0v) is 19.6. The number of nitrogens with one attached hydrogen (secondary N) is 1. The first kappa shape index (κ1) is 26.4. The molecular weight excluding hydrogens is 475 g/mol. The molecule has 0 aliphatic carbocycles. The zero-order valence-electron chi connectivity index (χ0n) is 19.6. The summed E-state index contributed by atoms with van der Waals surface area (Å²) in [5.41, 5.74) is 2.36. The molecule has 3 rings (SSSR count). The van der Waals surface area contributed by atoms with Gasteiger partial charge in [-0.3, -0.25) is 4.79 Å². The molecule has 0 saturated carbocycles. The van der Waals surface area contributed by atoms with Crippen molar-refractivity contribution in [2.24, 2.45) is 5.16 Å². The van der Waals surface area contributed by atoms with Gasteiger partial charge in [-0.05, 0) is 73.7 Å². The highest BCUT2D eigenvalue weighted by Gasteiger charge is 2.30. The van der Waals surface area contributed by atoms with Crippen molar-refractivity contribution in [3.8, 4) is 0 Å². The number of pyridine rings is 1. The number of carbonyl (C=O) groups excluding carboxylic acids is 1. The summed E-state index contributed by atoms with van der Waals surface area (Å²) < 4.78 is 38.8. The van der Waals surface area contributed by atoms with Crippen molar-refractivity contribution in [1.29, 1.82) is 0 Å². The van der Waals surface area contributed by atoms with Crippen LogP contribution in [-0.2, 0) is 19.1 Å². The van der Waals surface area contributed by atoms with Crippen molar-refractivity contribution in [3.63, 3.8) is 0 Å². The number of oxime groups is 1. The Bertz CT molecular complexity index is 1320. The number of aryl methyl sites for hydroxylation is 2. The van der Waals surface area contributed by atoms with E-state index >= 15 is 0 Å². The van der Waals surface area contributed by atoms with Crippen LogP contribution in [0.4, 0.5) is 13.2 Å². The normalized spacial score (nSPS) is 11.9. The molecule has 3 N–H and O–H groups in total. The molecule has 0 atom stereocenters. The molecule has 0 fully saturated rings. The Morgan fingerprint density at radius 3 is 2.39 bits per heavy atom. The van der Waals surface area contributed by atoms with Crippen LogP contribution in [0, 0.1) is 13.8 Å². The Morgan fingerprint density at radius 1 is 1.03 bits per heavy atom. The maximum absolute atomic E-state index is 12.9. The molecule has 36 heavy (non-hydrogen) atoms. The highest BCUT2D eigenvalue weighted by Crippen LogP contribution is 2.29. The summed E-state index contributed by atoms with van der Waals surface area (Å²) in [6.45, 7) is 3.32. The maximum atomic E-state index is 12.9. The Balaban J connectivity index is 1.77. The number of carboxylic acids is 1. The third-order valence-electron chi connectivity index (χ3n) is 5.71. The molecule has 0 bridgehead atoms. The molecule has 1 aromatic heterocycles. The second-order valence-corrected chi connectivity index (χ2v) is 8.20. The molecule has 2 aromatic carbocycles. The number of nitrogens with zero attached hydrogens (tertiary/aromatic N) is 2. The quantitative estimate of drug-likeness (QED) is 0.225. The smallest absolute Gasteiger partial charge is 0.416 e. The number of alkyl halides is 3. The monoisotopic (exact) mass is 499 g/mol. The van der Waals surface area contributed by atoms with Crippen LogP contribution in [0.2, 0.25) is 0 Å². The average Bonchev–Trinajstić information content (AvgIpc) is 2.85. The van der Waals surface area contributed by atoms with E-state index in [0.717, 1.165) is 17.7 Å². The third-order valence-corrected chi connectivity index (χ3v) is 5.71. The Kier molecular flexibility index (Phi) is 8.08. The first-order chi connectivity index (χ1) is 17.0. The number of amides is 1. The highest BCUT2D eigenvalue weighted by atomic mass is 19.4. The fourth-order valence-corrected chi connectivity index (χ4v) is 3.64. The summed E-state index contributed by atoms with van der Waals surface area (Å²) in [5.74, 6) is -1.64. The van der Waals surface area contributed by atoms with Gasteiger partial charge in [-0.15, -0.1) is 0 Å². The number of carbonyl (C=O) groups is 2. The van der Waals surface area contributed by atoms with Gasteiger partial charge in [-0.25, -0.2) is 9.78 Å². The van der Waals surface area contributed by atoms with Gasteiger partial charge in [0.05, 0.1) is 16.8 Å². The fraction of sp³-hybridized carbons (Fsp3) is 0.231. The largest absolute Gasteiger partial charge is 0.478 e. The second kappa shape index (κ2) is 11.0. The predicted octanol–water partition coefficient (Wildman–Crippen LogP) is 5.16. The summed E-state index contributed by atoms with van der Waals surface area (Å²) in [5, 5.41) is 24.8. The van der Waals surface area contributed by atoms with Gasteiger partial charge in [-0.1, -0.05) is 29.4 Å². The van der Waals surface area contributed by atoms with E-state index in [9.17, 15) is 28.0 Å². The SMILES string of the molecule is Cc1nc(C(=O)NCc2cccc(C(F)(F)F)c2)cc(C(CCc2cccc(C(=O)O)c2)=NO)c1C. The topological polar surface area (TPSA) is 112 Å². The van der Waals surface area contributed by atoms with Gasteiger partial charge in [0.2, 0.25) is 0 Å². The summed E-state index contributed by atoms with van der Waals surface area (Å²) >= 11 is 0. The van der Waals surface area contributed by atoms with Crippen LogP contribution < -0.4 is 5.32 Å². The number of carboxylic acid groups (broad SMARTS) is 1. The minimum absolute atomic E-state index is 0.0223. The number of hydrogen-bond donors (Lipinski definition) is 3. The van der Waals surface area contributed by atoms with Crippen LogP contribution in [0.25, 0.3) is 0 Å². The van der Waals surface area contributed by atoms with E-state index < -0.39 is 23.6 Å². The Labute approximate surface area is 205 Å². The minimum Gasteiger partial charge on any atom is -0.478 e. The van der Waals surface area contributed by atoms with Crippen LogP contribution in [0.3, 0.4) is 0 Å². The lowest BCUT2D eigenvalue weighted by Gasteiger charge is -2.13. The van der Waals surface area contributed by atoms with E-state index in [1.807, 2.05) is 0 Å². The summed E-state index contributed by atoms with van der Waals surface area (Å²) in [4.78, 5) is 28.2. The van der Waals surface area contributed by atoms with E-state index in [2.05, 4.69) is 15.5 Å². The van der Waals surface area contributed by atoms with Crippen molar-refractivity contribution in [2.75, 3.05) is 0 Å². The number of aromatic nitrogens is 1. The molecular formula is C26H24F3N3O4. The Hall–Kier alpha value is -4.21. The molecule has 1 heterocycles. The predicted molar refractivity (Wildman–Crippen MR) is 126 cm³/mol. The third kappa shape index (κ3) is 6.47. The van der Waals surface area contributed by atoms with E-state index in [4.69, 9.17) is 5.11 Å². The van der Waals surface area contributed by atoms with Gasteiger partial charge in [0.15, 0.2) is 0 Å². The van der Waals surface area contributed by atoms with E-state index in [1.165, 1.54) is 30.3 Å². The zero-order chi connectivity index (χ0) is 26.5. The lowest BCUT2D eigenvalue weighted by atomic mass is 9.96. The number of halogens is 3. The molecule has 10 heteroatoms. The van der Waals surface area contributed by atoms with Crippen LogP contribution in [-0.4, -0.2) is 32.9 Å². The second-order valence-electron chi connectivity index (χ2n) is 8.20. The average molecular weight is 499 g/mol. The van der Waals surface area contributed by atoms with Crippen molar-refractivity contribution >= 4 is 17.6 Å². The van der Waals surface area contributed by atoms with Gasteiger partial charge >= 0.3 is 12.1 Å². The van der Waals surface area contributed by atoms with Crippen molar-refractivity contribution in [1.82, 2.24) is 10.3 Å². The summed E-state index contributed by atoms with van der Waals surface area (Å²) in [7, 11) is 0. The first-order valence-electron chi connectivity index (χ1n) is 11.0.